The van der Waals surface area contributed by atoms with E-state index in [-0.39, 0.29) is 12.1 Å². The van der Waals surface area contributed by atoms with Gasteiger partial charge in [-0.1, -0.05) is 25.5 Å². The van der Waals surface area contributed by atoms with Crippen molar-refractivity contribution in [2.75, 3.05) is 11.9 Å². The van der Waals surface area contributed by atoms with E-state index in [1.807, 2.05) is 18.9 Å². The Kier molecular flexibility index (Phi) is 3.69. The first-order valence-corrected chi connectivity index (χ1v) is 6.36. The highest BCUT2D eigenvalue weighted by atomic mass is 16.2. The third-order valence-corrected chi connectivity index (χ3v) is 3.38. The van der Waals surface area contributed by atoms with Gasteiger partial charge >= 0.3 is 6.03 Å². The molecule has 1 aromatic rings. The van der Waals surface area contributed by atoms with E-state index >= 15 is 0 Å². The molecule has 0 unspecified atom stereocenters. The van der Waals surface area contributed by atoms with Crippen LogP contribution in [-0.4, -0.2) is 33.3 Å². The Morgan fingerprint density at radius 3 is 3.00 bits per heavy atom. The molecule has 0 saturated heterocycles. The second-order valence-electron chi connectivity index (χ2n) is 4.63. The van der Waals surface area contributed by atoms with Crippen LogP contribution >= 0.6 is 0 Å². The molecule has 0 fully saturated rings. The molecule has 1 atom stereocenters. The molecule has 98 valence electrons. The van der Waals surface area contributed by atoms with E-state index in [1.54, 1.807) is 10.9 Å². The Balaban J connectivity index is 2.02. The zero-order valence-electron chi connectivity index (χ0n) is 11.2. The number of hydrogen-bond donors (Lipinski definition) is 1. The van der Waals surface area contributed by atoms with E-state index in [9.17, 15) is 4.79 Å². The normalized spacial score (nSPS) is 18.4. The second kappa shape index (κ2) is 5.25. The van der Waals surface area contributed by atoms with E-state index in [4.69, 9.17) is 0 Å². The van der Waals surface area contributed by atoms with E-state index in [0.717, 1.165) is 24.2 Å². The fraction of sp³-hybridized carbons (Fsp3) is 0.538. The molecule has 2 rings (SSSR count). The lowest BCUT2D eigenvalue weighted by atomic mass is 10.2. The monoisotopic (exact) mass is 248 g/mol. The number of nitrogens with zero attached hydrogens (tertiary/aromatic N) is 3. The van der Waals surface area contributed by atoms with Crippen molar-refractivity contribution in [3.8, 4) is 0 Å². The molecule has 0 saturated carbocycles. The minimum absolute atomic E-state index is 0.0467. The molecule has 1 aliphatic rings. The predicted molar refractivity (Wildman–Crippen MR) is 71.5 cm³/mol. The number of carbonyl (C=O) groups is 1. The van der Waals surface area contributed by atoms with E-state index in [0.29, 0.717) is 6.54 Å². The summed E-state index contributed by atoms with van der Waals surface area (Å²) in [7, 11) is 1.86. The maximum absolute atomic E-state index is 12.2. The van der Waals surface area contributed by atoms with Crippen LogP contribution in [0.3, 0.4) is 0 Å². The number of carbonyl (C=O) groups excluding carboxylic acids is 1. The van der Waals surface area contributed by atoms with Crippen molar-refractivity contribution in [3.05, 3.63) is 24.0 Å². The van der Waals surface area contributed by atoms with Crippen LogP contribution in [0.25, 0.3) is 0 Å². The molecule has 0 bridgehead atoms. The zero-order valence-corrected chi connectivity index (χ0v) is 11.2. The highest BCUT2D eigenvalue weighted by Gasteiger charge is 2.24. The average molecular weight is 248 g/mol. The van der Waals surface area contributed by atoms with Crippen LogP contribution in [-0.2, 0) is 7.05 Å². The summed E-state index contributed by atoms with van der Waals surface area (Å²) in [6.07, 6.45) is 7.93. The third-order valence-electron chi connectivity index (χ3n) is 3.38. The molecule has 18 heavy (non-hydrogen) atoms. The Labute approximate surface area is 107 Å². The van der Waals surface area contributed by atoms with Crippen LogP contribution in [0.2, 0.25) is 0 Å². The summed E-state index contributed by atoms with van der Waals surface area (Å²) >= 11 is 0. The average Bonchev–Trinajstić information content (AvgIpc) is 2.92. The minimum atomic E-state index is -0.0467. The molecule has 5 heteroatoms. The first kappa shape index (κ1) is 12.7. The highest BCUT2D eigenvalue weighted by Crippen LogP contribution is 2.18. The van der Waals surface area contributed by atoms with Gasteiger partial charge in [0.05, 0.1) is 23.6 Å². The second-order valence-corrected chi connectivity index (χ2v) is 4.63. The summed E-state index contributed by atoms with van der Waals surface area (Å²) in [5, 5.41) is 7.04. The van der Waals surface area contributed by atoms with E-state index < -0.39 is 0 Å². The Hall–Kier alpha value is -1.78. The largest absolute Gasteiger partial charge is 0.322 e. The first-order chi connectivity index (χ1) is 8.63. The van der Waals surface area contributed by atoms with Crippen molar-refractivity contribution in [1.29, 1.82) is 0 Å². The summed E-state index contributed by atoms with van der Waals surface area (Å²) < 4.78 is 1.75. The molecule has 0 spiro atoms. The van der Waals surface area contributed by atoms with Crippen LogP contribution in [0, 0.1) is 6.92 Å². The lowest BCUT2D eigenvalue weighted by Gasteiger charge is -2.24. The number of aryl methyl sites for hydroxylation is 1. The van der Waals surface area contributed by atoms with Crippen LogP contribution in [0.1, 0.15) is 25.5 Å². The van der Waals surface area contributed by atoms with Crippen molar-refractivity contribution >= 4 is 11.7 Å². The van der Waals surface area contributed by atoms with Crippen molar-refractivity contribution in [2.24, 2.45) is 7.05 Å². The predicted octanol–water partition coefficient (Wildman–Crippen LogP) is 2.30. The van der Waals surface area contributed by atoms with Crippen LogP contribution in [0.5, 0.6) is 0 Å². The van der Waals surface area contributed by atoms with Gasteiger partial charge in [-0.05, 0) is 13.3 Å². The summed E-state index contributed by atoms with van der Waals surface area (Å²) in [4.78, 5) is 14.1. The summed E-state index contributed by atoms with van der Waals surface area (Å²) in [5.41, 5.74) is 1.74. The van der Waals surface area contributed by atoms with Gasteiger partial charge in [0.15, 0.2) is 0 Å². The fourth-order valence-electron chi connectivity index (χ4n) is 2.16. The topological polar surface area (TPSA) is 50.2 Å². The van der Waals surface area contributed by atoms with Gasteiger partial charge < -0.3 is 10.2 Å². The van der Waals surface area contributed by atoms with Gasteiger partial charge in [0, 0.05) is 13.6 Å². The van der Waals surface area contributed by atoms with Crippen molar-refractivity contribution in [2.45, 2.75) is 32.7 Å². The Bertz CT molecular complexity index is 464. The number of amides is 2. The van der Waals surface area contributed by atoms with Crippen LogP contribution in [0.4, 0.5) is 10.5 Å². The fourth-order valence-corrected chi connectivity index (χ4v) is 2.16. The molecule has 0 aliphatic carbocycles. The number of nitrogens with one attached hydrogen (secondary N) is 1. The molecule has 1 N–H and O–H groups in total. The van der Waals surface area contributed by atoms with Crippen molar-refractivity contribution in [1.82, 2.24) is 14.7 Å². The molecule has 2 heterocycles. The van der Waals surface area contributed by atoms with Gasteiger partial charge in [0.2, 0.25) is 0 Å². The maximum Gasteiger partial charge on any atom is 0.322 e. The van der Waals surface area contributed by atoms with Crippen LogP contribution in [0.15, 0.2) is 18.3 Å². The standard InChI is InChI=1S/C13H20N4O/c1-4-6-11-7-5-8-17(11)13(18)15-12-9-14-16(3)10(12)2/h5,7,9,11H,4,6,8H2,1-3H3,(H,15,18)/t11-/m0/s1. The molecule has 0 aromatic carbocycles. The first-order valence-electron chi connectivity index (χ1n) is 6.36. The molecular formula is C13H20N4O. The van der Waals surface area contributed by atoms with Gasteiger partial charge in [0.25, 0.3) is 0 Å². The highest BCUT2D eigenvalue weighted by molar-refractivity contribution is 5.90. The molecule has 5 nitrogen and oxygen atoms in total. The lowest BCUT2D eigenvalue weighted by molar-refractivity contribution is 0.208. The maximum atomic E-state index is 12.2. The molecule has 2 amide bonds. The van der Waals surface area contributed by atoms with Gasteiger partial charge in [0.1, 0.15) is 0 Å². The quantitative estimate of drug-likeness (QED) is 0.834. The minimum Gasteiger partial charge on any atom is -0.314 e. The zero-order chi connectivity index (χ0) is 13.1. The summed E-state index contributed by atoms with van der Waals surface area (Å²) in [6, 6.07) is 0.182. The molecule has 1 aliphatic heterocycles. The van der Waals surface area contributed by atoms with Gasteiger partial charge in [-0.2, -0.15) is 5.10 Å². The third kappa shape index (κ3) is 2.39. The van der Waals surface area contributed by atoms with Crippen molar-refractivity contribution in [3.63, 3.8) is 0 Å². The molecule has 1 aromatic heterocycles. The molecular weight excluding hydrogens is 228 g/mol. The number of rotatable bonds is 3. The van der Waals surface area contributed by atoms with E-state index in [2.05, 4.69) is 29.5 Å². The van der Waals surface area contributed by atoms with Gasteiger partial charge in [-0.15, -0.1) is 0 Å². The number of anilines is 1. The number of hydrogen-bond acceptors (Lipinski definition) is 2. The van der Waals surface area contributed by atoms with Crippen LogP contribution < -0.4 is 5.32 Å². The van der Waals surface area contributed by atoms with E-state index in [1.165, 1.54) is 0 Å². The molecule has 0 radical (unpaired) electrons. The Morgan fingerprint density at radius 2 is 2.39 bits per heavy atom. The number of aromatic nitrogens is 2. The summed E-state index contributed by atoms with van der Waals surface area (Å²) in [6.45, 7) is 4.76. The number of urea groups is 1. The lowest BCUT2D eigenvalue weighted by Crippen LogP contribution is -2.39. The SMILES string of the molecule is CCC[C@H]1C=CCN1C(=O)Nc1cnn(C)c1C. The summed E-state index contributed by atoms with van der Waals surface area (Å²) in [5.74, 6) is 0. The van der Waals surface area contributed by atoms with Gasteiger partial charge in [-0.25, -0.2) is 4.79 Å². The Morgan fingerprint density at radius 1 is 1.61 bits per heavy atom. The van der Waals surface area contributed by atoms with Crippen molar-refractivity contribution < 1.29 is 4.79 Å². The smallest absolute Gasteiger partial charge is 0.314 e. The van der Waals surface area contributed by atoms with Gasteiger partial charge in [-0.3, -0.25) is 4.68 Å².